The number of amides is 1. The fraction of sp³-hybridized carbons (Fsp3) is 0.611. The van der Waals surface area contributed by atoms with Crippen LogP contribution < -0.4 is 0 Å². The predicted octanol–water partition coefficient (Wildman–Crippen LogP) is 1.88. The molecule has 120 valence electrons. The number of likely N-dealkylation sites (tertiary alicyclic amines) is 1. The van der Waals surface area contributed by atoms with Crippen LogP contribution in [-0.4, -0.2) is 52.6 Å². The smallest absolute Gasteiger partial charge is 0.237 e. The average molecular weight is 302 g/mol. The summed E-state index contributed by atoms with van der Waals surface area (Å²) in [5.74, 6) is 0.856. The minimum atomic E-state index is -0.267. The molecule has 2 fully saturated rings. The van der Waals surface area contributed by atoms with E-state index in [1.54, 1.807) is 0 Å². The van der Waals surface area contributed by atoms with Crippen molar-refractivity contribution in [1.29, 1.82) is 0 Å². The van der Waals surface area contributed by atoms with E-state index in [4.69, 9.17) is 0 Å². The van der Waals surface area contributed by atoms with E-state index in [1.807, 2.05) is 23.1 Å². The third-order valence-corrected chi connectivity index (χ3v) is 4.92. The van der Waals surface area contributed by atoms with Crippen molar-refractivity contribution in [2.24, 2.45) is 5.92 Å². The summed E-state index contributed by atoms with van der Waals surface area (Å²) in [5, 5.41) is 9.63. The standard InChI is InChI=1S/C18H26N2O2/c1-14(16-7-8-16)20(11-15-5-3-2-4-6-15)18(22)13-19-10-9-17(21)12-19/h2-6,14,16-17,21H,7-13H2,1H3. The number of hydrogen-bond acceptors (Lipinski definition) is 3. The highest BCUT2D eigenvalue weighted by molar-refractivity contribution is 5.78. The summed E-state index contributed by atoms with van der Waals surface area (Å²) < 4.78 is 0. The molecule has 22 heavy (non-hydrogen) atoms. The molecule has 2 aliphatic rings. The molecule has 0 radical (unpaired) electrons. The van der Waals surface area contributed by atoms with E-state index in [1.165, 1.54) is 18.4 Å². The quantitative estimate of drug-likeness (QED) is 0.872. The number of rotatable bonds is 6. The van der Waals surface area contributed by atoms with Gasteiger partial charge >= 0.3 is 0 Å². The predicted molar refractivity (Wildman–Crippen MR) is 86.2 cm³/mol. The first-order valence-corrected chi connectivity index (χ1v) is 8.37. The molecule has 1 amide bonds. The Kier molecular flexibility index (Phi) is 4.79. The van der Waals surface area contributed by atoms with Crippen molar-refractivity contribution >= 4 is 5.91 Å². The van der Waals surface area contributed by atoms with Crippen LogP contribution in [0.15, 0.2) is 30.3 Å². The number of carbonyl (C=O) groups excluding carboxylic acids is 1. The minimum absolute atomic E-state index is 0.192. The molecule has 1 aliphatic carbocycles. The van der Waals surface area contributed by atoms with E-state index in [2.05, 4.69) is 24.0 Å². The van der Waals surface area contributed by atoms with Crippen molar-refractivity contribution in [2.45, 2.75) is 44.9 Å². The Balaban J connectivity index is 1.66. The van der Waals surface area contributed by atoms with E-state index in [9.17, 15) is 9.90 Å². The second-order valence-electron chi connectivity index (χ2n) is 6.76. The molecule has 0 spiro atoms. The highest BCUT2D eigenvalue weighted by Crippen LogP contribution is 2.35. The lowest BCUT2D eigenvalue weighted by atomic mass is 10.1. The van der Waals surface area contributed by atoms with Crippen molar-refractivity contribution in [3.63, 3.8) is 0 Å². The molecule has 1 aliphatic heterocycles. The van der Waals surface area contributed by atoms with Crippen LogP contribution in [0.2, 0.25) is 0 Å². The first-order chi connectivity index (χ1) is 10.6. The normalized spacial score (nSPS) is 23.5. The maximum Gasteiger partial charge on any atom is 0.237 e. The zero-order valence-corrected chi connectivity index (χ0v) is 13.3. The first-order valence-electron chi connectivity index (χ1n) is 8.37. The van der Waals surface area contributed by atoms with E-state index in [-0.39, 0.29) is 12.0 Å². The molecule has 1 aromatic rings. The third-order valence-electron chi connectivity index (χ3n) is 4.92. The number of hydrogen-bond donors (Lipinski definition) is 1. The summed E-state index contributed by atoms with van der Waals surface area (Å²) in [7, 11) is 0. The SMILES string of the molecule is CC(C1CC1)N(Cc1ccccc1)C(=O)CN1CCC(O)C1. The van der Waals surface area contributed by atoms with Crippen molar-refractivity contribution in [2.75, 3.05) is 19.6 Å². The Morgan fingerprint density at radius 2 is 2.05 bits per heavy atom. The first kappa shape index (κ1) is 15.5. The van der Waals surface area contributed by atoms with Crippen molar-refractivity contribution in [1.82, 2.24) is 9.80 Å². The van der Waals surface area contributed by atoms with Crippen LogP contribution in [0.25, 0.3) is 0 Å². The summed E-state index contributed by atoms with van der Waals surface area (Å²) >= 11 is 0. The number of benzene rings is 1. The van der Waals surface area contributed by atoms with Gasteiger partial charge in [0.2, 0.25) is 5.91 Å². The fourth-order valence-electron chi connectivity index (χ4n) is 3.31. The summed E-state index contributed by atoms with van der Waals surface area (Å²) in [5.41, 5.74) is 1.19. The van der Waals surface area contributed by atoms with Gasteiger partial charge in [-0.25, -0.2) is 0 Å². The van der Waals surface area contributed by atoms with Gasteiger partial charge in [-0.15, -0.1) is 0 Å². The van der Waals surface area contributed by atoms with E-state index in [0.717, 1.165) is 13.0 Å². The van der Waals surface area contributed by atoms with Gasteiger partial charge in [0, 0.05) is 25.7 Å². The van der Waals surface area contributed by atoms with Crippen molar-refractivity contribution < 1.29 is 9.90 Å². The minimum Gasteiger partial charge on any atom is -0.392 e. The molecule has 2 atom stereocenters. The van der Waals surface area contributed by atoms with Gasteiger partial charge in [0.1, 0.15) is 0 Å². The largest absolute Gasteiger partial charge is 0.392 e. The van der Waals surface area contributed by atoms with Gasteiger partial charge in [0.15, 0.2) is 0 Å². The Hall–Kier alpha value is -1.39. The molecule has 0 aromatic heterocycles. The van der Waals surface area contributed by atoms with Crippen molar-refractivity contribution in [3.8, 4) is 0 Å². The molecule has 0 bridgehead atoms. The maximum atomic E-state index is 12.8. The van der Waals surface area contributed by atoms with E-state index in [0.29, 0.717) is 31.6 Å². The third kappa shape index (κ3) is 3.87. The van der Waals surface area contributed by atoms with Crippen LogP contribution in [0.5, 0.6) is 0 Å². The maximum absolute atomic E-state index is 12.8. The second-order valence-corrected chi connectivity index (χ2v) is 6.76. The van der Waals surface area contributed by atoms with Gasteiger partial charge in [-0.05, 0) is 37.7 Å². The van der Waals surface area contributed by atoms with Gasteiger partial charge < -0.3 is 10.0 Å². The molecule has 1 aromatic carbocycles. The van der Waals surface area contributed by atoms with Crippen LogP contribution >= 0.6 is 0 Å². The highest BCUT2D eigenvalue weighted by Gasteiger charge is 2.35. The molecule has 1 saturated heterocycles. The number of aliphatic hydroxyl groups is 1. The second kappa shape index (κ2) is 6.80. The Morgan fingerprint density at radius 1 is 1.32 bits per heavy atom. The van der Waals surface area contributed by atoms with Gasteiger partial charge in [0.25, 0.3) is 0 Å². The number of carbonyl (C=O) groups is 1. The van der Waals surface area contributed by atoms with Crippen molar-refractivity contribution in [3.05, 3.63) is 35.9 Å². The fourth-order valence-corrected chi connectivity index (χ4v) is 3.31. The summed E-state index contributed by atoms with van der Waals surface area (Å²) in [6, 6.07) is 10.5. The van der Waals surface area contributed by atoms with Crippen LogP contribution in [0.3, 0.4) is 0 Å². The number of β-amino-alcohol motifs (C(OH)–C–C–N with tert-alkyl or cyclic N) is 1. The van der Waals surface area contributed by atoms with E-state index < -0.39 is 0 Å². The lowest BCUT2D eigenvalue weighted by Gasteiger charge is -2.31. The van der Waals surface area contributed by atoms with Crippen LogP contribution in [0, 0.1) is 5.92 Å². The van der Waals surface area contributed by atoms with Crippen LogP contribution in [0.4, 0.5) is 0 Å². The van der Waals surface area contributed by atoms with Gasteiger partial charge in [-0.3, -0.25) is 9.69 Å². The molecule has 2 unspecified atom stereocenters. The van der Waals surface area contributed by atoms with Gasteiger partial charge in [-0.2, -0.15) is 0 Å². The Bertz CT molecular complexity index is 501. The molecular weight excluding hydrogens is 276 g/mol. The van der Waals surface area contributed by atoms with Gasteiger partial charge in [0.05, 0.1) is 12.6 Å². The Morgan fingerprint density at radius 3 is 2.64 bits per heavy atom. The molecule has 1 heterocycles. The molecule has 4 heteroatoms. The van der Waals surface area contributed by atoms with Gasteiger partial charge in [-0.1, -0.05) is 30.3 Å². The molecular formula is C18H26N2O2. The lowest BCUT2D eigenvalue weighted by molar-refractivity contribution is -0.135. The number of nitrogens with zero attached hydrogens (tertiary/aromatic N) is 2. The Labute approximate surface area is 132 Å². The zero-order valence-electron chi connectivity index (χ0n) is 13.3. The molecule has 3 rings (SSSR count). The topological polar surface area (TPSA) is 43.8 Å². The number of aliphatic hydroxyl groups excluding tert-OH is 1. The summed E-state index contributed by atoms with van der Waals surface area (Å²) in [6.07, 6.45) is 2.99. The van der Waals surface area contributed by atoms with E-state index >= 15 is 0 Å². The lowest BCUT2D eigenvalue weighted by Crippen LogP contribution is -2.44. The molecule has 4 nitrogen and oxygen atoms in total. The summed E-state index contributed by atoms with van der Waals surface area (Å²) in [4.78, 5) is 16.9. The average Bonchev–Trinajstić information content (AvgIpc) is 3.29. The zero-order chi connectivity index (χ0) is 15.5. The molecule has 1 N–H and O–H groups in total. The molecule has 1 saturated carbocycles. The summed E-state index contributed by atoms with van der Waals surface area (Å²) in [6.45, 7) is 4.75. The van der Waals surface area contributed by atoms with Crippen LogP contribution in [0.1, 0.15) is 31.7 Å². The van der Waals surface area contributed by atoms with Crippen LogP contribution in [-0.2, 0) is 11.3 Å². The monoisotopic (exact) mass is 302 g/mol. The highest BCUT2D eigenvalue weighted by atomic mass is 16.3.